The van der Waals surface area contributed by atoms with E-state index in [1.54, 1.807) is 12.4 Å². The first-order valence-electron chi connectivity index (χ1n) is 11.3. The van der Waals surface area contributed by atoms with Crippen LogP contribution in [0.4, 0.5) is 4.39 Å². The van der Waals surface area contributed by atoms with E-state index in [4.69, 9.17) is 0 Å². The summed E-state index contributed by atoms with van der Waals surface area (Å²) in [6, 6.07) is 0. The van der Waals surface area contributed by atoms with Crippen LogP contribution in [0.5, 0.6) is 0 Å². The van der Waals surface area contributed by atoms with E-state index in [0.29, 0.717) is 36.5 Å². The van der Waals surface area contributed by atoms with E-state index < -0.39 is 12.3 Å². The summed E-state index contributed by atoms with van der Waals surface area (Å²) in [5, 5.41) is 18.7. The number of nitrogens with zero attached hydrogens (tertiary/aromatic N) is 3. The van der Waals surface area contributed by atoms with Gasteiger partial charge >= 0.3 is 0 Å². The molecule has 5 rings (SSSR count). The first-order valence-corrected chi connectivity index (χ1v) is 11.3. The zero-order valence-electron chi connectivity index (χ0n) is 17.3. The van der Waals surface area contributed by atoms with Gasteiger partial charge in [-0.15, -0.1) is 0 Å². The van der Waals surface area contributed by atoms with Crippen molar-refractivity contribution in [3.63, 3.8) is 0 Å². The van der Waals surface area contributed by atoms with Gasteiger partial charge in [0.1, 0.15) is 13.2 Å². The number of hydrogen-bond acceptors (Lipinski definition) is 4. The number of alkyl halides is 1. The van der Waals surface area contributed by atoms with Gasteiger partial charge in [0.25, 0.3) is 0 Å². The van der Waals surface area contributed by atoms with Gasteiger partial charge in [-0.3, -0.25) is 4.79 Å². The van der Waals surface area contributed by atoms with Crippen molar-refractivity contribution in [2.75, 3.05) is 6.67 Å². The van der Waals surface area contributed by atoms with Crippen LogP contribution in [0, 0.1) is 35.0 Å². The molecule has 3 saturated carbocycles. The van der Waals surface area contributed by atoms with Crippen LogP contribution < -0.4 is 0 Å². The van der Waals surface area contributed by atoms with Crippen LogP contribution >= 0.6 is 0 Å². The van der Waals surface area contributed by atoms with Gasteiger partial charge in [0.05, 0.1) is 18.0 Å². The lowest BCUT2D eigenvalue weighted by Gasteiger charge is -2.54. The van der Waals surface area contributed by atoms with Crippen molar-refractivity contribution in [1.29, 1.82) is 0 Å². The maximum Gasteiger partial charge on any atom is 0.159 e. The molecule has 0 amide bonds. The van der Waals surface area contributed by atoms with E-state index in [2.05, 4.69) is 23.2 Å². The predicted octanol–water partition coefficient (Wildman–Crippen LogP) is 3.74. The van der Waals surface area contributed by atoms with Crippen molar-refractivity contribution in [1.82, 2.24) is 15.0 Å². The molecule has 4 aliphatic carbocycles. The molecule has 1 aromatic heterocycles. The Hall–Kier alpha value is -1.56. The highest BCUT2D eigenvalue weighted by Crippen LogP contribution is 2.63. The molecule has 1 N–H and O–H groups in total. The quantitative estimate of drug-likeness (QED) is 0.781. The summed E-state index contributed by atoms with van der Waals surface area (Å²) in [4.78, 5) is 14.6. The zero-order valence-corrected chi connectivity index (χ0v) is 17.3. The van der Waals surface area contributed by atoms with Gasteiger partial charge in [0.2, 0.25) is 0 Å². The second kappa shape index (κ2) is 7.00. The first kappa shape index (κ1) is 19.4. The van der Waals surface area contributed by atoms with Crippen molar-refractivity contribution in [3.8, 4) is 0 Å². The number of hydrogen-bond donors (Lipinski definition) is 1. The predicted molar refractivity (Wildman–Crippen MR) is 107 cm³/mol. The zero-order chi connectivity index (χ0) is 20.2. The largest absolute Gasteiger partial charge is 0.387 e. The fourth-order valence-corrected chi connectivity index (χ4v) is 7.58. The monoisotopic (exact) mass is 401 g/mol. The fraction of sp³-hybridized carbons (Fsp3) is 0.783. The highest BCUT2D eigenvalue weighted by molar-refractivity contribution is 5.82. The average molecular weight is 402 g/mol. The lowest BCUT2D eigenvalue weighted by Crippen LogP contribution is -2.49. The van der Waals surface area contributed by atoms with Crippen LogP contribution in [0.2, 0.25) is 0 Å². The molecule has 0 aliphatic heterocycles. The van der Waals surface area contributed by atoms with Crippen LogP contribution in [0.3, 0.4) is 0 Å². The minimum absolute atomic E-state index is 0.0745. The average Bonchev–Trinajstić information content (AvgIpc) is 3.34. The molecule has 3 fully saturated rings. The van der Waals surface area contributed by atoms with E-state index in [-0.39, 0.29) is 23.7 Å². The van der Waals surface area contributed by atoms with E-state index in [1.807, 2.05) is 0 Å². The van der Waals surface area contributed by atoms with Gasteiger partial charge in [0, 0.05) is 5.92 Å². The van der Waals surface area contributed by atoms with Crippen LogP contribution in [0.25, 0.3) is 0 Å². The molecule has 29 heavy (non-hydrogen) atoms. The van der Waals surface area contributed by atoms with E-state index in [0.717, 1.165) is 38.5 Å². The van der Waals surface area contributed by atoms with Gasteiger partial charge < -0.3 is 5.11 Å². The van der Waals surface area contributed by atoms with Crippen LogP contribution in [-0.2, 0) is 11.3 Å². The van der Waals surface area contributed by atoms with Crippen molar-refractivity contribution in [2.45, 2.75) is 70.4 Å². The Morgan fingerprint density at radius 2 is 2.00 bits per heavy atom. The van der Waals surface area contributed by atoms with Crippen molar-refractivity contribution < 1.29 is 14.3 Å². The Balaban J connectivity index is 1.34. The molecule has 4 aliphatic rings. The Kier molecular flexibility index (Phi) is 4.68. The number of allylic oxidation sites excluding steroid dienone is 1. The molecular formula is C23H32FN3O2. The standard InChI is InChI=1S/C23H32FN3O2/c1-22-8-6-17-16-7-9-23(29,14-24)12-15(16)2-3-18(17)19(22)4-5-20(22)21(28)13-27-25-10-11-26-27/h2,10-11,16-20,29H,3-9,12-14H2,1H3/t16-,17+,18+,19-,20+,22-,23-/m0/s1. The molecule has 0 radical (unpaired) electrons. The van der Waals surface area contributed by atoms with Gasteiger partial charge in [-0.05, 0) is 80.5 Å². The van der Waals surface area contributed by atoms with Crippen LogP contribution in [0.1, 0.15) is 58.3 Å². The molecule has 7 atom stereocenters. The molecule has 0 unspecified atom stereocenters. The summed E-state index contributed by atoms with van der Waals surface area (Å²) in [6.45, 7) is 1.99. The molecule has 6 heteroatoms. The molecule has 5 nitrogen and oxygen atoms in total. The lowest BCUT2D eigenvalue weighted by atomic mass is 9.51. The highest BCUT2D eigenvalue weighted by Gasteiger charge is 2.57. The molecule has 0 bridgehead atoms. The third-order valence-electron chi connectivity index (χ3n) is 8.99. The minimum Gasteiger partial charge on any atom is -0.387 e. The molecule has 0 aromatic carbocycles. The topological polar surface area (TPSA) is 68.0 Å². The summed E-state index contributed by atoms with van der Waals surface area (Å²) >= 11 is 0. The summed E-state index contributed by atoms with van der Waals surface area (Å²) in [5.74, 6) is 2.74. The Bertz CT molecular complexity index is 809. The van der Waals surface area contributed by atoms with Gasteiger partial charge in [-0.25, -0.2) is 4.39 Å². The maximum absolute atomic E-state index is 13.3. The SMILES string of the molecule is C[C@]12CC[C@H]3[C@@H](CC=C4C[C@](O)(CF)CC[C@@H]43)[C@@H]1CC[C@@H]2C(=O)Cn1nccn1. The van der Waals surface area contributed by atoms with Gasteiger partial charge in [-0.2, -0.15) is 15.0 Å². The number of aromatic nitrogens is 3. The molecule has 1 aromatic rings. The number of halogens is 1. The van der Waals surface area contributed by atoms with Gasteiger partial charge in [0.15, 0.2) is 5.78 Å². The molecule has 1 heterocycles. The highest BCUT2D eigenvalue weighted by atomic mass is 19.1. The number of aliphatic hydroxyl groups is 1. The number of ketones is 1. The number of carbonyl (C=O) groups is 1. The Morgan fingerprint density at radius 1 is 1.21 bits per heavy atom. The number of rotatable bonds is 4. The smallest absolute Gasteiger partial charge is 0.159 e. The van der Waals surface area contributed by atoms with E-state index in [9.17, 15) is 14.3 Å². The molecule has 0 saturated heterocycles. The Labute approximate surface area is 171 Å². The van der Waals surface area contributed by atoms with Crippen molar-refractivity contribution >= 4 is 5.78 Å². The van der Waals surface area contributed by atoms with E-state index in [1.165, 1.54) is 10.4 Å². The third kappa shape index (κ3) is 3.09. The van der Waals surface area contributed by atoms with Crippen molar-refractivity contribution in [2.24, 2.45) is 35.0 Å². The maximum atomic E-state index is 13.3. The summed E-state index contributed by atoms with van der Waals surface area (Å²) in [5.41, 5.74) is 0.242. The normalized spacial score (nSPS) is 43.8. The van der Waals surface area contributed by atoms with Crippen LogP contribution in [0.15, 0.2) is 24.0 Å². The second-order valence-corrected chi connectivity index (χ2v) is 10.3. The summed E-state index contributed by atoms with van der Waals surface area (Å²) < 4.78 is 13.3. The van der Waals surface area contributed by atoms with Crippen molar-refractivity contribution in [3.05, 3.63) is 24.0 Å². The fourth-order valence-electron chi connectivity index (χ4n) is 7.58. The number of fused-ring (bicyclic) bond motifs is 5. The van der Waals surface area contributed by atoms with Gasteiger partial charge in [-0.1, -0.05) is 18.6 Å². The molecule has 158 valence electrons. The lowest BCUT2D eigenvalue weighted by molar-refractivity contribution is -0.130. The number of Topliss-reactive ketones (excluding diaryl/α,β-unsaturated/α-hetero) is 1. The van der Waals surface area contributed by atoms with E-state index >= 15 is 0 Å². The third-order valence-corrected chi connectivity index (χ3v) is 8.99. The summed E-state index contributed by atoms with van der Waals surface area (Å²) in [6.07, 6.45) is 12.9. The number of carbonyl (C=O) groups excluding carboxylic acids is 1. The second-order valence-electron chi connectivity index (χ2n) is 10.3. The van der Waals surface area contributed by atoms with Crippen LogP contribution in [-0.4, -0.2) is 38.2 Å². The minimum atomic E-state index is -1.14. The summed E-state index contributed by atoms with van der Waals surface area (Å²) in [7, 11) is 0. The first-order chi connectivity index (χ1) is 13.9. The Morgan fingerprint density at radius 3 is 2.76 bits per heavy atom. The molecular weight excluding hydrogens is 369 g/mol. The molecule has 0 spiro atoms.